The third-order valence-electron chi connectivity index (χ3n) is 3.36. The molecule has 0 spiro atoms. The Balaban J connectivity index is 1.77. The van der Waals surface area contributed by atoms with Gasteiger partial charge >= 0.3 is 0 Å². The van der Waals surface area contributed by atoms with Crippen LogP contribution in [0.1, 0.15) is 33.1 Å². The summed E-state index contributed by atoms with van der Waals surface area (Å²) >= 11 is 1.55. The van der Waals surface area contributed by atoms with Crippen molar-refractivity contribution in [2.24, 2.45) is 5.92 Å². The maximum atomic E-state index is 12.1. The van der Waals surface area contributed by atoms with Gasteiger partial charge in [0.1, 0.15) is 0 Å². The molecule has 2 aromatic rings. The van der Waals surface area contributed by atoms with Crippen molar-refractivity contribution in [2.75, 3.05) is 0 Å². The fourth-order valence-electron chi connectivity index (χ4n) is 2.36. The lowest BCUT2D eigenvalue weighted by atomic mass is 10.0. The Kier molecular flexibility index (Phi) is 2.60. The molecule has 2 heteroatoms. The van der Waals surface area contributed by atoms with Gasteiger partial charge in [0, 0.05) is 5.92 Å². The number of aryl methyl sites for hydroxylation is 1. The Morgan fingerprint density at radius 2 is 2.18 bits per heavy atom. The van der Waals surface area contributed by atoms with Gasteiger partial charge in [-0.15, -0.1) is 11.3 Å². The standard InChI is InChI=1S/C15H14OS/c1-10-4-2-5-11(8-10)12-9-13(12)15(16)14-6-3-7-17-14/h2-8,12-13H,9H2,1H3. The Labute approximate surface area is 105 Å². The maximum Gasteiger partial charge on any atom is 0.176 e. The second-order valence-corrected chi connectivity index (χ2v) is 5.65. The van der Waals surface area contributed by atoms with Gasteiger partial charge < -0.3 is 0 Å². The number of hydrogen-bond donors (Lipinski definition) is 0. The van der Waals surface area contributed by atoms with Gasteiger partial charge in [0.15, 0.2) is 5.78 Å². The zero-order valence-electron chi connectivity index (χ0n) is 9.72. The molecule has 1 saturated carbocycles. The number of ketones is 1. The van der Waals surface area contributed by atoms with E-state index in [4.69, 9.17) is 0 Å². The molecule has 3 rings (SSSR count). The zero-order chi connectivity index (χ0) is 11.8. The number of thiophene rings is 1. The van der Waals surface area contributed by atoms with Gasteiger partial charge in [0.2, 0.25) is 0 Å². The third kappa shape index (κ3) is 2.05. The first-order chi connectivity index (χ1) is 8.25. The largest absolute Gasteiger partial charge is 0.293 e. The van der Waals surface area contributed by atoms with Gasteiger partial charge in [-0.3, -0.25) is 4.79 Å². The van der Waals surface area contributed by atoms with Crippen LogP contribution in [0.4, 0.5) is 0 Å². The highest BCUT2D eigenvalue weighted by molar-refractivity contribution is 7.12. The van der Waals surface area contributed by atoms with Gasteiger partial charge in [-0.2, -0.15) is 0 Å². The second kappa shape index (κ2) is 4.11. The smallest absolute Gasteiger partial charge is 0.176 e. The van der Waals surface area contributed by atoms with Crippen molar-refractivity contribution in [3.8, 4) is 0 Å². The van der Waals surface area contributed by atoms with Crippen LogP contribution in [-0.4, -0.2) is 5.78 Å². The summed E-state index contributed by atoms with van der Waals surface area (Å²) < 4.78 is 0. The van der Waals surface area contributed by atoms with Crippen LogP contribution in [0.2, 0.25) is 0 Å². The van der Waals surface area contributed by atoms with E-state index < -0.39 is 0 Å². The van der Waals surface area contributed by atoms with E-state index >= 15 is 0 Å². The van der Waals surface area contributed by atoms with Gasteiger partial charge in [0.25, 0.3) is 0 Å². The molecule has 0 aliphatic heterocycles. The minimum Gasteiger partial charge on any atom is -0.293 e. The average Bonchev–Trinajstić information content (AvgIpc) is 2.94. The van der Waals surface area contributed by atoms with Gasteiger partial charge in [-0.25, -0.2) is 0 Å². The monoisotopic (exact) mass is 242 g/mol. The lowest BCUT2D eigenvalue weighted by molar-refractivity contribution is 0.0969. The second-order valence-electron chi connectivity index (χ2n) is 4.70. The van der Waals surface area contributed by atoms with Crippen LogP contribution in [0.25, 0.3) is 0 Å². The molecule has 1 aliphatic rings. The van der Waals surface area contributed by atoms with Gasteiger partial charge in [-0.05, 0) is 36.3 Å². The summed E-state index contributed by atoms with van der Waals surface area (Å²) in [6.45, 7) is 2.10. The lowest BCUT2D eigenvalue weighted by Gasteiger charge is -2.01. The Morgan fingerprint density at radius 1 is 1.29 bits per heavy atom. The minimum atomic E-state index is 0.218. The van der Waals surface area contributed by atoms with Crippen LogP contribution < -0.4 is 0 Å². The zero-order valence-corrected chi connectivity index (χ0v) is 10.5. The molecule has 1 aliphatic carbocycles. The van der Waals surface area contributed by atoms with Crippen molar-refractivity contribution in [1.82, 2.24) is 0 Å². The highest BCUT2D eigenvalue weighted by Crippen LogP contribution is 2.49. The Morgan fingerprint density at radius 3 is 2.88 bits per heavy atom. The molecule has 0 bridgehead atoms. The molecule has 1 aromatic heterocycles. The van der Waals surface area contributed by atoms with E-state index in [0.29, 0.717) is 11.7 Å². The van der Waals surface area contributed by atoms with Crippen molar-refractivity contribution < 1.29 is 4.79 Å². The molecule has 86 valence electrons. The van der Waals surface area contributed by atoms with E-state index in [1.807, 2.05) is 17.5 Å². The van der Waals surface area contributed by atoms with Crippen LogP contribution >= 0.6 is 11.3 Å². The van der Waals surface area contributed by atoms with Crippen LogP contribution in [0.15, 0.2) is 41.8 Å². The first-order valence-corrected chi connectivity index (χ1v) is 6.78. The maximum absolute atomic E-state index is 12.1. The molecule has 1 heterocycles. The predicted octanol–water partition coefficient (Wildman–Crippen LogP) is 4.04. The van der Waals surface area contributed by atoms with Crippen LogP contribution in [0, 0.1) is 12.8 Å². The Hall–Kier alpha value is -1.41. The lowest BCUT2D eigenvalue weighted by Crippen LogP contribution is -2.00. The van der Waals surface area contributed by atoms with Crippen molar-refractivity contribution in [3.05, 3.63) is 57.8 Å². The van der Waals surface area contributed by atoms with Gasteiger partial charge in [-0.1, -0.05) is 35.9 Å². The molecular formula is C15H14OS. The van der Waals surface area contributed by atoms with E-state index in [-0.39, 0.29) is 5.92 Å². The summed E-state index contributed by atoms with van der Waals surface area (Å²) in [5.74, 6) is 0.992. The summed E-state index contributed by atoms with van der Waals surface area (Å²) in [5.41, 5.74) is 2.59. The fraction of sp³-hybridized carbons (Fsp3) is 0.267. The molecule has 1 aromatic carbocycles. The SMILES string of the molecule is Cc1cccc(C2CC2C(=O)c2cccs2)c1. The highest BCUT2D eigenvalue weighted by Gasteiger charge is 2.44. The van der Waals surface area contributed by atoms with Crippen molar-refractivity contribution in [2.45, 2.75) is 19.3 Å². The molecule has 1 nitrogen and oxygen atoms in total. The predicted molar refractivity (Wildman–Crippen MR) is 70.7 cm³/mol. The molecule has 17 heavy (non-hydrogen) atoms. The molecule has 0 amide bonds. The van der Waals surface area contributed by atoms with E-state index in [0.717, 1.165) is 11.3 Å². The van der Waals surface area contributed by atoms with E-state index in [9.17, 15) is 4.79 Å². The fourth-order valence-corrected chi connectivity index (χ4v) is 3.08. The average molecular weight is 242 g/mol. The molecule has 2 unspecified atom stereocenters. The molecule has 2 atom stereocenters. The van der Waals surface area contributed by atoms with E-state index in [1.54, 1.807) is 11.3 Å². The minimum absolute atomic E-state index is 0.218. The number of benzene rings is 1. The molecule has 1 fully saturated rings. The van der Waals surface area contributed by atoms with Crippen molar-refractivity contribution >= 4 is 17.1 Å². The normalized spacial score (nSPS) is 22.4. The van der Waals surface area contributed by atoms with Crippen molar-refractivity contribution in [3.63, 3.8) is 0 Å². The summed E-state index contributed by atoms with van der Waals surface area (Å²) in [6.07, 6.45) is 1.01. The number of hydrogen-bond acceptors (Lipinski definition) is 2. The number of Topliss-reactive ketones (excluding diaryl/α,β-unsaturated/α-hetero) is 1. The topological polar surface area (TPSA) is 17.1 Å². The molecule has 0 N–H and O–H groups in total. The van der Waals surface area contributed by atoms with Crippen LogP contribution in [0.3, 0.4) is 0 Å². The summed E-state index contributed by atoms with van der Waals surface area (Å²) in [7, 11) is 0. The summed E-state index contributed by atoms with van der Waals surface area (Å²) in [6, 6.07) is 12.4. The van der Waals surface area contributed by atoms with Crippen LogP contribution in [-0.2, 0) is 0 Å². The number of carbonyl (C=O) groups excluding carboxylic acids is 1. The quantitative estimate of drug-likeness (QED) is 0.742. The first kappa shape index (κ1) is 10.7. The third-order valence-corrected chi connectivity index (χ3v) is 4.25. The molecular weight excluding hydrogens is 228 g/mol. The van der Waals surface area contributed by atoms with Crippen LogP contribution in [0.5, 0.6) is 0 Å². The number of rotatable bonds is 3. The van der Waals surface area contributed by atoms with Gasteiger partial charge in [0.05, 0.1) is 4.88 Å². The van der Waals surface area contributed by atoms with E-state index in [1.165, 1.54) is 11.1 Å². The molecule has 0 radical (unpaired) electrons. The highest BCUT2D eigenvalue weighted by atomic mass is 32.1. The van der Waals surface area contributed by atoms with Crippen molar-refractivity contribution in [1.29, 1.82) is 0 Å². The number of carbonyl (C=O) groups is 1. The Bertz CT molecular complexity index is 542. The first-order valence-electron chi connectivity index (χ1n) is 5.90. The summed E-state index contributed by atoms with van der Waals surface area (Å²) in [4.78, 5) is 13.1. The molecule has 0 saturated heterocycles. The summed E-state index contributed by atoms with van der Waals surface area (Å²) in [5, 5.41) is 1.97. The van der Waals surface area contributed by atoms with E-state index in [2.05, 4.69) is 31.2 Å².